The fourth-order valence-corrected chi connectivity index (χ4v) is 2.57. The van der Waals surface area contributed by atoms with Gasteiger partial charge >= 0.3 is 5.97 Å². The molecule has 2 rings (SSSR count). The van der Waals surface area contributed by atoms with Crippen LogP contribution in [0.15, 0.2) is 18.2 Å². The van der Waals surface area contributed by atoms with Crippen molar-refractivity contribution >= 4 is 11.7 Å². The lowest BCUT2D eigenvalue weighted by Crippen LogP contribution is -2.50. The van der Waals surface area contributed by atoms with E-state index in [1.54, 1.807) is 24.0 Å². The Hall–Kier alpha value is -1.99. The Morgan fingerprint density at radius 2 is 2.29 bits per heavy atom. The predicted molar refractivity (Wildman–Crippen MR) is 75.2 cm³/mol. The second-order valence-corrected chi connectivity index (χ2v) is 5.15. The van der Waals surface area contributed by atoms with Gasteiger partial charge in [-0.3, -0.25) is 19.8 Å². The second-order valence-electron chi connectivity index (χ2n) is 5.15. The molecule has 2 unspecified atom stereocenters. The van der Waals surface area contributed by atoms with Gasteiger partial charge in [0.05, 0.1) is 18.1 Å². The number of carbonyl (C=O) groups is 1. The summed E-state index contributed by atoms with van der Waals surface area (Å²) in [5.41, 5.74) is 1.38. The molecule has 1 aliphatic rings. The maximum absolute atomic E-state index is 11.3. The largest absolute Gasteiger partial charge is 0.480 e. The van der Waals surface area contributed by atoms with Gasteiger partial charge in [0.25, 0.3) is 5.69 Å². The van der Waals surface area contributed by atoms with Crippen LogP contribution in [0.25, 0.3) is 0 Å². The molecule has 1 aromatic rings. The zero-order valence-electron chi connectivity index (χ0n) is 12.0. The number of nitro benzene ring substituents is 1. The predicted octanol–water partition coefficient (Wildman–Crippen LogP) is 1.75. The Balaban J connectivity index is 2.30. The zero-order valence-corrected chi connectivity index (χ0v) is 12.0. The molecule has 1 heterocycles. The van der Waals surface area contributed by atoms with Crippen LogP contribution in [-0.4, -0.2) is 46.7 Å². The molecule has 0 amide bonds. The minimum atomic E-state index is -0.942. The summed E-state index contributed by atoms with van der Waals surface area (Å²) in [5.74, 6) is -0.942. The van der Waals surface area contributed by atoms with Crippen molar-refractivity contribution in [1.82, 2.24) is 4.90 Å². The van der Waals surface area contributed by atoms with E-state index in [9.17, 15) is 20.0 Å². The molecule has 1 fully saturated rings. The summed E-state index contributed by atoms with van der Waals surface area (Å²) in [5, 5.41) is 20.3. The van der Waals surface area contributed by atoms with E-state index < -0.39 is 16.9 Å². The zero-order chi connectivity index (χ0) is 15.6. The summed E-state index contributed by atoms with van der Waals surface area (Å²) < 4.78 is 5.21. The highest BCUT2D eigenvalue weighted by Crippen LogP contribution is 2.28. The molecule has 7 heteroatoms. The number of carboxylic acid groups (broad SMARTS) is 1. The highest BCUT2D eigenvalue weighted by molar-refractivity contribution is 5.73. The highest BCUT2D eigenvalue weighted by atomic mass is 16.6. The fourth-order valence-electron chi connectivity index (χ4n) is 2.57. The first kappa shape index (κ1) is 15.4. The Bertz CT molecular complexity index is 560. The van der Waals surface area contributed by atoms with Crippen LogP contribution in [-0.2, 0) is 9.53 Å². The van der Waals surface area contributed by atoms with Crippen molar-refractivity contribution in [2.45, 2.75) is 25.9 Å². The van der Waals surface area contributed by atoms with Crippen molar-refractivity contribution in [3.05, 3.63) is 39.4 Å². The van der Waals surface area contributed by atoms with Crippen molar-refractivity contribution < 1.29 is 19.6 Å². The van der Waals surface area contributed by atoms with Crippen molar-refractivity contribution in [3.8, 4) is 0 Å². The van der Waals surface area contributed by atoms with Gasteiger partial charge in [-0.25, -0.2) is 0 Å². The number of benzene rings is 1. The number of nitro groups is 1. The van der Waals surface area contributed by atoms with Crippen LogP contribution in [0.4, 0.5) is 5.69 Å². The Labute approximate surface area is 122 Å². The number of hydrogen-bond acceptors (Lipinski definition) is 5. The van der Waals surface area contributed by atoms with Crippen molar-refractivity contribution in [2.24, 2.45) is 0 Å². The number of morpholine rings is 1. The Morgan fingerprint density at radius 1 is 1.57 bits per heavy atom. The van der Waals surface area contributed by atoms with E-state index in [4.69, 9.17) is 4.74 Å². The molecule has 2 atom stereocenters. The van der Waals surface area contributed by atoms with E-state index in [1.807, 2.05) is 6.92 Å². The van der Waals surface area contributed by atoms with Crippen LogP contribution in [0.5, 0.6) is 0 Å². The lowest BCUT2D eigenvalue weighted by molar-refractivity contribution is -0.385. The number of carboxylic acids is 1. The molecule has 114 valence electrons. The quantitative estimate of drug-likeness (QED) is 0.671. The monoisotopic (exact) mass is 294 g/mol. The third-order valence-corrected chi connectivity index (χ3v) is 3.86. The first-order valence-corrected chi connectivity index (χ1v) is 6.73. The smallest absolute Gasteiger partial charge is 0.323 e. The molecule has 0 saturated carbocycles. The first-order valence-electron chi connectivity index (χ1n) is 6.73. The summed E-state index contributed by atoms with van der Waals surface area (Å²) in [7, 11) is 0. The third kappa shape index (κ3) is 3.20. The lowest BCUT2D eigenvalue weighted by Gasteiger charge is -2.37. The summed E-state index contributed by atoms with van der Waals surface area (Å²) >= 11 is 0. The van der Waals surface area contributed by atoms with Crippen LogP contribution < -0.4 is 0 Å². The van der Waals surface area contributed by atoms with E-state index >= 15 is 0 Å². The molecule has 0 radical (unpaired) electrons. The SMILES string of the molecule is Cc1ccc(C(C)N2CCOCC2C(=O)O)cc1[N+](=O)[O-]. The van der Waals surface area contributed by atoms with E-state index in [0.717, 1.165) is 5.56 Å². The molecule has 1 aliphatic heterocycles. The van der Waals surface area contributed by atoms with Crippen LogP contribution >= 0.6 is 0 Å². The molecule has 1 aromatic carbocycles. The maximum atomic E-state index is 11.3. The standard InChI is InChI=1S/C14H18N2O5/c1-9-3-4-11(7-12(9)16(19)20)10(2)15-5-6-21-8-13(15)14(17)18/h3-4,7,10,13H,5-6,8H2,1-2H3,(H,17,18). The van der Waals surface area contributed by atoms with Gasteiger partial charge in [-0.2, -0.15) is 0 Å². The lowest BCUT2D eigenvalue weighted by atomic mass is 10.0. The van der Waals surface area contributed by atoms with Gasteiger partial charge in [-0.1, -0.05) is 12.1 Å². The van der Waals surface area contributed by atoms with E-state index in [0.29, 0.717) is 18.7 Å². The van der Waals surface area contributed by atoms with Gasteiger partial charge < -0.3 is 9.84 Å². The second kappa shape index (κ2) is 6.19. The van der Waals surface area contributed by atoms with E-state index in [1.165, 1.54) is 6.07 Å². The minimum Gasteiger partial charge on any atom is -0.480 e. The van der Waals surface area contributed by atoms with Gasteiger partial charge in [0, 0.05) is 24.2 Å². The number of rotatable bonds is 4. The minimum absolute atomic E-state index is 0.0551. The Kier molecular flexibility index (Phi) is 4.54. The number of aliphatic carboxylic acids is 1. The third-order valence-electron chi connectivity index (χ3n) is 3.86. The number of nitrogens with zero attached hydrogens (tertiary/aromatic N) is 2. The van der Waals surface area contributed by atoms with Crippen molar-refractivity contribution in [3.63, 3.8) is 0 Å². The molecule has 0 bridgehead atoms. The fraction of sp³-hybridized carbons (Fsp3) is 0.500. The Morgan fingerprint density at radius 3 is 2.90 bits per heavy atom. The number of hydrogen-bond donors (Lipinski definition) is 1. The molecule has 0 spiro atoms. The molecule has 0 aromatic heterocycles. The molecule has 21 heavy (non-hydrogen) atoms. The van der Waals surface area contributed by atoms with E-state index in [-0.39, 0.29) is 18.3 Å². The topological polar surface area (TPSA) is 92.9 Å². The van der Waals surface area contributed by atoms with Gasteiger partial charge in [-0.05, 0) is 19.4 Å². The molecule has 7 nitrogen and oxygen atoms in total. The van der Waals surface area contributed by atoms with Gasteiger partial charge in [0.15, 0.2) is 0 Å². The molecular weight excluding hydrogens is 276 g/mol. The van der Waals surface area contributed by atoms with Crippen LogP contribution in [0.3, 0.4) is 0 Å². The van der Waals surface area contributed by atoms with Gasteiger partial charge in [-0.15, -0.1) is 0 Å². The molecular formula is C14H18N2O5. The van der Waals surface area contributed by atoms with Crippen molar-refractivity contribution in [1.29, 1.82) is 0 Å². The molecule has 0 aliphatic carbocycles. The summed E-state index contributed by atoms with van der Waals surface area (Å²) in [6.07, 6.45) is 0. The van der Waals surface area contributed by atoms with Gasteiger partial charge in [0.2, 0.25) is 0 Å². The maximum Gasteiger partial charge on any atom is 0.323 e. The molecule has 1 N–H and O–H groups in total. The summed E-state index contributed by atoms with van der Waals surface area (Å²) in [6, 6.07) is 4.07. The van der Waals surface area contributed by atoms with Crippen molar-refractivity contribution in [2.75, 3.05) is 19.8 Å². The summed E-state index contributed by atoms with van der Waals surface area (Å²) in [6.45, 7) is 4.62. The normalized spacial score (nSPS) is 21.0. The van der Waals surface area contributed by atoms with Crippen LogP contribution in [0, 0.1) is 17.0 Å². The first-order chi connectivity index (χ1) is 9.91. The summed E-state index contributed by atoms with van der Waals surface area (Å²) in [4.78, 5) is 23.7. The van der Waals surface area contributed by atoms with Gasteiger partial charge in [0.1, 0.15) is 6.04 Å². The van der Waals surface area contributed by atoms with E-state index in [2.05, 4.69) is 0 Å². The highest BCUT2D eigenvalue weighted by Gasteiger charge is 2.33. The van der Waals surface area contributed by atoms with Crippen LogP contribution in [0.1, 0.15) is 24.1 Å². The average Bonchev–Trinajstić information content (AvgIpc) is 2.46. The average molecular weight is 294 g/mol. The molecule has 1 saturated heterocycles. The number of ether oxygens (including phenoxy) is 1. The van der Waals surface area contributed by atoms with Crippen LogP contribution in [0.2, 0.25) is 0 Å². The number of aryl methyl sites for hydroxylation is 1.